The Morgan fingerprint density at radius 2 is 1.88 bits per heavy atom. The van der Waals surface area contributed by atoms with Gasteiger partial charge in [-0.3, -0.25) is 0 Å². The zero-order valence-electron chi connectivity index (χ0n) is 13.6. The van der Waals surface area contributed by atoms with Crippen LogP contribution in [0, 0.1) is 5.82 Å². The molecule has 0 bridgehead atoms. The Kier molecular flexibility index (Phi) is 4.70. The van der Waals surface area contributed by atoms with Crippen molar-refractivity contribution in [2.45, 2.75) is 0 Å². The Bertz CT molecular complexity index is 974. The second-order valence-corrected chi connectivity index (χ2v) is 5.27. The van der Waals surface area contributed by atoms with Gasteiger partial charge in [-0.05, 0) is 36.4 Å². The van der Waals surface area contributed by atoms with Crippen LogP contribution in [0.5, 0.6) is 23.1 Å². The first-order valence-electron chi connectivity index (χ1n) is 7.53. The molecule has 0 atom stereocenters. The number of benzene rings is 2. The highest BCUT2D eigenvalue weighted by molar-refractivity contribution is 5.91. The summed E-state index contributed by atoms with van der Waals surface area (Å²) in [5.74, 6) is -1.83. The zero-order valence-corrected chi connectivity index (χ0v) is 13.6. The third-order valence-electron chi connectivity index (χ3n) is 3.60. The maximum Gasteiger partial charge on any atom is 0.339 e. The number of aromatic carboxylic acids is 1. The van der Waals surface area contributed by atoms with Gasteiger partial charge >= 0.3 is 5.97 Å². The molecule has 2 N–H and O–H groups in total. The number of rotatable bonds is 5. The maximum atomic E-state index is 14.1. The van der Waals surface area contributed by atoms with Crippen molar-refractivity contribution in [3.63, 3.8) is 0 Å². The number of carboxylic acids is 1. The quantitative estimate of drug-likeness (QED) is 0.716. The van der Waals surface area contributed by atoms with E-state index in [-0.39, 0.29) is 34.2 Å². The highest BCUT2D eigenvalue weighted by Crippen LogP contribution is 2.30. The van der Waals surface area contributed by atoms with Gasteiger partial charge in [0.1, 0.15) is 17.1 Å². The lowest BCUT2D eigenvalue weighted by Gasteiger charge is -2.10. The van der Waals surface area contributed by atoms with Gasteiger partial charge < -0.3 is 19.7 Å². The van der Waals surface area contributed by atoms with Crippen molar-refractivity contribution >= 4 is 5.97 Å². The Balaban J connectivity index is 1.94. The van der Waals surface area contributed by atoms with E-state index in [1.807, 2.05) is 0 Å². The van der Waals surface area contributed by atoms with E-state index in [2.05, 4.69) is 4.98 Å². The number of phenols is 1. The number of pyridine rings is 1. The van der Waals surface area contributed by atoms with Crippen LogP contribution >= 0.6 is 0 Å². The number of aromatic nitrogens is 1. The number of hydrogen-bond acceptors (Lipinski definition) is 5. The van der Waals surface area contributed by atoms with Crippen molar-refractivity contribution in [3.8, 4) is 34.4 Å². The summed E-state index contributed by atoms with van der Waals surface area (Å²) in [6.07, 6.45) is 0. The number of methoxy groups -OCH3 is 1. The van der Waals surface area contributed by atoms with E-state index >= 15 is 0 Å². The minimum Gasteiger partial charge on any atom is -0.505 e. The van der Waals surface area contributed by atoms with Crippen molar-refractivity contribution in [2.24, 2.45) is 0 Å². The summed E-state index contributed by atoms with van der Waals surface area (Å²) in [4.78, 5) is 15.5. The minimum atomic E-state index is -1.16. The third kappa shape index (κ3) is 3.41. The predicted octanol–water partition coefficient (Wildman–Crippen LogP) is 4.09. The van der Waals surface area contributed by atoms with Crippen LogP contribution < -0.4 is 9.47 Å². The molecular weight excluding hydrogens is 341 g/mol. The van der Waals surface area contributed by atoms with Gasteiger partial charge in [-0.2, -0.15) is 0 Å². The lowest BCUT2D eigenvalue weighted by atomic mass is 10.1. The van der Waals surface area contributed by atoms with E-state index in [9.17, 15) is 19.4 Å². The summed E-state index contributed by atoms with van der Waals surface area (Å²) < 4.78 is 24.6. The van der Waals surface area contributed by atoms with Gasteiger partial charge in [-0.15, -0.1) is 0 Å². The summed E-state index contributed by atoms with van der Waals surface area (Å²) >= 11 is 0. The highest BCUT2D eigenvalue weighted by Gasteiger charge is 2.14. The van der Waals surface area contributed by atoms with Gasteiger partial charge in [-0.25, -0.2) is 14.2 Å². The first-order valence-corrected chi connectivity index (χ1v) is 7.53. The fourth-order valence-electron chi connectivity index (χ4n) is 2.38. The van der Waals surface area contributed by atoms with Crippen LogP contribution in [0.2, 0.25) is 0 Å². The zero-order chi connectivity index (χ0) is 18.7. The molecule has 0 aliphatic heterocycles. The third-order valence-corrected chi connectivity index (χ3v) is 3.60. The fourth-order valence-corrected chi connectivity index (χ4v) is 2.38. The van der Waals surface area contributed by atoms with E-state index in [1.165, 1.54) is 43.5 Å². The average Bonchev–Trinajstić information content (AvgIpc) is 2.64. The van der Waals surface area contributed by atoms with Crippen LogP contribution in [0.3, 0.4) is 0 Å². The number of phenolic OH excluding ortho intramolecular Hbond substituents is 1. The van der Waals surface area contributed by atoms with E-state index in [0.717, 1.165) is 0 Å². The topological polar surface area (TPSA) is 88.9 Å². The molecule has 0 amide bonds. The Morgan fingerprint density at radius 3 is 2.62 bits per heavy atom. The number of hydrogen-bond donors (Lipinski definition) is 2. The average molecular weight is 355 g/mol. The molecule has 0 unspecified atom stereocenters. The van der Waals surface area contributed by atoms with E-state index in [1.54, 1.807) is 18.2 Å². The van der Waals surface area contributed by atoms with Crippen LogP contribution in [0.4, 0.5) is 4.39 Å². The van der Waals surface area contributed by atoms with E-state index in [4.69, 9.17) is 9.47 Å². The maximum absolute atomic E-state index is 14.1. The first kappa shape index (κ1) is 17.2. The second kappa shape index (κ2) is 7.10. The van der Waals surface area contributed by atoms with Crippen LogP contribution in [-0.4, -0.2) is 28.3 Å². The Morgan fingerprint density at radius 1 is 1.12 bits per heavy atom. The number of nitrogens with zero attached hydrogens (tertiary/aromatic N) is 1. The lowest BCUT2D eigenvalue weighted by molar-refractivity contribution is 0.0693. The van der Waals surface area contributed by atoms with Crippen LogP contribution in [0.1, 0.15) is 10.4 Å². The van der Waals surface area contributed by atoms with Gasteiger partial charge in [-0.1, -0.05) is 12.1 Å². The molecular formula is C19H14FNO5. The SMILES string of the molecule is COc1ccc(Oc2cccc(-c3cccc(O)c3F)n2)cc1C(=O)O. The number of halogens is 1. The molecule has 0 saturated heterocycles. The van der Waals surface area contributed by atoms with Crippen molar-refractivity contribution in [2.75, 3.05) is 7.11 Å². The van der Waals surface area contributed by atoms with E-state index < -0.39 is 17.5 Å². The van der Waals surface area contributed by atoms with E-state index in [0.29, 0.717) is 0 Å². The van der Waals surface area contributed by atoms with Gasteiger partial charge in [0, 0.05) is 11.6 Å². The molecule has 26 heavy (non-hydrogen) atoms. The summed E-state index contributed by atoms with van der Waals surface area (Å²) in [5.41, 5.74) is 0.333. The summed E-state index contributed by atoms with van der Waals surface area (Å²) in [7, 11) is 1.37. The van der Waals surface area contributed by atoms with Gasteiger partial charge in [0.15, 0.2) is 11.6 Å². The molecule has 1 aromatic heterocycles. The number of aromatic hydroxyl groups is 1. The Labute approximate surface area is 148 Å². The fraction of sp³-hybridized carbons (Fsp3) is 0.0526. The van der Waals surface area contributed by atoms with Crippen molar-refractivity contribution < 1.29 is 28.9 Å². The van der Waals surface area contributed by atoms with Gasteiger partial charge in [0.05, 0.1) is 12.8 Å². The predicted molar refractivity (Wildman–Crippen MR) is 91.3 cm³/mol. The molecule has 3 aromatic rings. The molecule has 2 aromatic carbocycles. The molecule has 7 heteroatoms. The van der Waals surface area contributed by atoms with Crippen molar-refractivity contribution in [1.29, 1.82) is 0 Å². The molecule has 0 aliphatic rings. The summed E-state index contributed by atoms with van der Waals surface area (Å²) in [6, 6.07) is 13.3. The first-order chi connectivity index (χ1) is 12.5. The minimum absolute atomic E-state index is 0.0554. The normalized spacial score (nSPS) is 10.4. The van der Waals surface area contributed by atoms with Crippen molar-refractivity contribution in [3.05, 3.63) is 66.0 Å². The van der Waals surface area contributed by atoms with Crippen molar-refractivity contribution in [1.82, 2.24) is 4.98 Å². The molecule has 0 saturated carbocycles. The smallest absolute Gasteiger partial charge is 0.339 e. The second-order valence-electron chi connectivity index (χ2n) is 5.27. The summed E-state index contributed by atoms with van der Waals surface area (Å²) in [5, 5.41) is 18.7. The standard InChI is InChI=1S/C19H14FNO5/c1-25-16-9-8-11(10-13(16)19(23)24)26-17-7-3-5-14(21-17)12-4-2-6-15(22)18(12)20/h2-10,22H,1H3,(H,23,24). The molecule has 1 heterocycles. The molecule has 0 spiro atoms. The molecule has 0 aliphatic carbocycles. The molecule has 0 fully saturated rings. The number of ether oxygens (including phenoxy) is 2. The number of carboxylic acid groups (broad SMARTS) is 1. The van der Waals surface area contributed by atoms with Gasteiger partial charge in [0.2, 0.25) is 5.88 Å². The molecule has 3 rings (SSSR count). The number of carbonyl (C=O) groups is 1. The lowest BCUT2D eigenvalue weighted by Crippen LogP contribution is -2.01. The monoisotopic (exact) mass is 355 g/mol. The van der Waals surface area contributed by atoms with Gasteiger partial charge in [0.25, 0.3) is 0 Å². The summed E-state index contributed by atoms with van der Waals surface area (Å²) in [6.45, 7) is 0. The van der Waals surface area contributed by atoms with Crippen LogP contribution in [0.15, 0.2) is 54.6 Å². The highest BCUT2D eigenvalue weighted by atomic mass is 19.1. The largest absolute Gasteiger partial charge is 0.505 e. The molecule has 6 nitrogen and oxygen atoms in total. The molecule has 132 valence electrons. The van der Waals surface area contributed by atoms with Crippen LogP contribution in [0.25, 0.3) is 11.3 Å². The Hall–Kier alpha value is -3.61. The van der Waals surface area contributed by atoms with Crippen LogP contribution in [-0.2, 0) is 0 Å². The molecule has 0 radical (unpaired) electrons.